The van der Waals surface area contributed by atoms with Gasteiger partial charge < -0.3 is 5.32 Å². The average molecular weight is 474 g/mol. The lowest BCUT2D eigenvalue weighted by Gasteiger charge is -2.24. The summed E-state index contributed by atoms with van der Waals surface area (Å²) in [5.41, 5.74) is 1.44. The van der Waals surface area contributed by atoms with Crippen molar-refractivity contribution in [3.8, 4) is 0 Å². The summed E-state index contributed by atoms with van der Waals surface area (Å²) in [7, 11) is -4.10. The first-order chi connectivity index (χ1) is 15.1. The summed E-state index contributed by atoms with van der Waals surface area (Å²) in [6, 6.07) is 16.7. The van der Waals surface area contributed by atoms with Crippen molar-refractivity contribution in [3.05, 3.63) is 93.0 Å². The maximum atomic E-state index is 13.4. The van der Waals surface area contributed by atoms with E-state index in [-0.39, 0.29) is 27.5 Å². The molecular formula is C22H20ClN3O5S. The predicted molar refractivity (Wildman–Crippen MR) is 124 cm³/mol. The number of nitro benzene ring substituents is 1. The molecule has 0 spiro atoms. The van der Waals surface area contributed by atoms with E-state index in [1.165, 1.54) is 49.4 Å². The first-order valence-corrected chi connectivity index (χ1v) is 11.3. The second kappa shape index (κ2) is 9.37. The highest BCUT2D eigenvalue weighted by atomic mass is 35.5. The number of rotatable bonds is 7. The van der Waals surface area contributed by atoms with Crippen LogP contribution in [0.15, 0.2) is 71.6 Å². The first-order valence-electron chi connectivity index (χ1n) is 9.48. The van der Waals surface area contributed by atoms with Gasteiger partial charge in [-0.25, -0.2) is 8.42 Å². The van der Waals surface area contributed by atoms with Crippen LogP contribution in [0.5, 0.6) is 0 Å². The largest absolute Gasteiger partial charge is 0.324 e. The van der Waals surface area contributed by atoms with Crippen LogP contribution in [0, 0.1) is 24.0 Å². The molecule has 0 atom stereocenters. The van der Waals surface area contributed by atoms with Crippen LogP contribution in [0.4, 0.5) is 17.1 Å². The highest BCUT2D eigenvalue weighted by Gasteiger charge is 2.28. The Morgan fingerprint density at radius 2 is 1.72 bits per heavy atom. The third-order valence-electron chi connectivity index (χ3n) is 4.77. The van der Waals surface area contributed by atoms with E-state index in [0.717, 1.165) is 9.87 Å². The number of aryl methyl sites for hydroxylation is 1. The van der Waals surface area contributed by atoms with Gasteiger partial charge in [-0.05, 0) is 50.2 Å². The zero-order chi connectivity index (χ0) is 23.5. The second-order valence-corrected chi connectivity index (χ2v) is 9.36. The fraction of sp³-hybridized carbons (Fsp3) is 0.136. The number of nitrogens with zero attached hydrogens (tertiary/aromatic N) is 2. The SMILES string of the molecule is Cc1ccc(S(=O)(=O)N(CC(=O)Nc2cccc([N+](=O)[O-])c2C)c2cccc(Cl)c2)cc1. The molecular weight excluding hydrogens is 454 g/mol. The van der Waals surface area contributed by atoms with E-state index in [0.29, 0.717) is 5.02 Å². The number of hydrogen-bond acceptors (Lipinski definition) is 5. The summed E-state index contributed by atoms with van der Waals surface area (Å²) in [5.74, 6) is -0.663. The molecule has 0 saturated carbocycles. The number of nitrogens with one attached hydrogen (secondary N) is 1. The Morgan fingerprint density at radius 1 is 1.06 bits per heavy atom. The topological polar surface area (TPSA) is 110 Å². The van der Waals surface area contributed by atoms with Gasteiger partial charge >= 0.3 is 0 Å². The Balaban J connectivity index is 1.96. The number of carbonyl (C=O) groups excluding carboxylic acids is 1. The summed E-state index contributed by atoms with van der Waals surface area (Å²) in [6.45, 7) is 2.78. The molecule has 8 nitrogen and oxygen atoms in total. The smallest absolute Gasteiger partial charge is 0.274 e. The van der Waals surface area contributed by atoms with Crippen LogP contribution in [0.2, 0.25) is 5.02 Å². The van der Waals surface area contributed by atoms with E-state index >= 15 is 0 Å². The van der Waals surface area contributed by atoms with Gasteiger partial charge in [-0.1, -0.05) is 41.4 Å². The molecule has 0 saturated heterocycles. The standard InChI is InChI=1S/C22H20ClN3O5S/c1-15-9-11-19(12-10-15)32(30,31)25(18-6-3-5-17(23)13-18)14-22(27)24-20-7-4-8-21(16(20)2)26(28)29/h3-13H,14H2,1-2H3,(H,24,27). The molecule has 32 heavy (non-hydrogen) atoms. The third-order valence-corrected chi connectivity index (χ3v) is 6.79. The fourth-order valence-electron chi connectivity index (χ4n) is 3.06. The van der Waals surface area contributed by atoms with Gasteiger partial charge in [-0.2, -0.15) is 0 Å². The van der Waals surface area contributed by atoms with Gasteiger partial charge in [0.05, 0.1) is 26.8 Å². The number of halogens is 1. The minimum atomic E-state index is -4.10. The number of hydrogen-bond donors (Lipinski definition) is 1. The van der Waals surface area contributed by atoms with Crippen molar-refractivity contribution in [2.24, 2.45) is 0 Å². The van der Waals surface area contributed by atoms with Crippen molar-refractivity contribution >= 4 is 44.6 Å². The molecule has 10 heteroatoms. The van der Waals surface area contributed by atoms with Crippen molar-refractivity contribution in [1.82, 2.24) is 0 Å². The van der Waals surface area contributed by atoms with Gasteiger partial charge in [-0.15, -0.1) is 0 Å². The maximum Gasteiger partial charge on any atom is 0.274 e. The molecule has 0 heterocycles. The Hall–Kier alpha value is -3.43. The molecule has 0 aliphatic carbocycles. The summed E-state index contributed by atoms with van der Waals surface area (Å²) in [6.07, 6.45) is 0. The molecule has 0 fully saturated rings. The van der Waals surface area contributed by atoms with Crippen LogP contribution in [0.3, 0.4) is 0 Å². The number of carbonyl (C=O) groups is 1. The molecule has 3 aromatic rings. The average Bonchev–Trinajstić information content (AvgIpc) is 2.73. The number of benzene rings is 3. The maximum absolute atomic E-state index is 13.4. The molecule has 0 unspecified atom stereocenters. The Kier molecular flexibility index (Phi) is 6.81. The molecule has 1 N–H and O–H groups in total. The van der Waals surface area contributed by atoms with Gasteiger partial charge in [-0.3, -0.25) is 19.2 Å². The third kappa shape index (κ3) is 5.06. The van der Waals surface area contributed by atoms with E-state index in [1.807, 2.05) is 6.92 Å². The highest BCUT2D eigenvalue weighted by molar-refractivity contribution is 7.92. The lowest BCUT2D eigenvalue weighted by Crippen LogP contribution is -2.38. The Bertz CT molecular complexity index is 1280. The van der Waals surface area contributed by atoms with Crippen LogP contribution in [-0.4, -0.2) is 25.8 Å². The predicted octanol–water partition coefficient (Wildman–Crippen LogP) is 4.70. The Morgan fingerprint density at radius 3 is 2.34 bits per heavy atom. The van der Waals surface area contributed by atoms with Crippen LogP contribution in [0.1, 0.15) is 11.1 Å². The van der Waals surface area contributed by atoms with Crippen LogP contribution >= 0.6 is 11.6 Å². The number of sulfonamides is 1. The number of anilines is 2. The number of amides is 1. The van der Waals surface area contributed by atoms with E-state index in [2.05, 4.69) is 5.32 Å². The van der Waals surface area contributed by atoms with Gasteiger partial charge in [0, 0.05) is 11.1 Å². The van der Waals surface area contributed by atoms with E-state index in [9.17, 15) is 23.3 Å². The Labute approximate surface area is 190 Å². The first kappa shape index (κ1) is 23.2. The monoisotopic (exact) mass is 473 g/mol. The highest BCUT2D eigenvalue weighted by Crippen LogP contribution is 2.28. The zero-order valence-corrected chi connectivity index (χ0v) is 18.9. The van der Waals surface area contributed by atoms with Gasteiger partial charge in [0.15, 0.2) is 0 Å². The van der Waals surface area contributed by atoms with E-state index in [4.69, 9.17) is 11.6 Å². The van der Waals surface area contributed by atoms with Gasteiger partial charge in [0.2, 0.25) is 5.91 Å². The molecule has 1 amide bonds. The lowest BCUT2D eigenvalue weighted by atomic mass is 10.1. The quantitative estimate of drug-likeness (QED) is 0.395. The summed E-state index contributed by atoms with van der Waals surface area (Å²) >= 11 is 6.05. The summed E-state index contributed by atoms with van der Waals surface area (Å²) < 4.78 is 27.7. The van der Waals surface area contributed by atoms with E-state index in [1.54, 1.807) is 24.3 Å². The van der Waals surface area contributed by atoms with Crippen molar-refractivity contribution in [3.63, 3.8) is 0 Å². The summed E-state index contributed by atoms with van der Waals surface area (Å²) in [5, 5.41) is 14.0. The van der Waals surface area contributed by atoms with Crippen molar-refractivity contribution in [1.29, 1.82) is 0 Å². The molecule has 0 bridgehead atoms. The molecule has 3 rings (SSSR count). The molecule has 0 aliphatic heterocycles. The molecule has 3 aromatic carbocycles. The van der Waals surface area contributed by atoms with E-state index < -0.39 is 27.4 Å². The van der Waals surface area contributed by atoms with Crippen LogP contribution in [-0.2, 0) is 14.8 Å². The van der Waals surface area contributed by atoms with Crippen molar-refractivity contribution in [2.45, 2.75) is 18.7 Å². The lowest BCUT2D eigenvalue weighted by molar-refractivity contribution is -0.385. The minimum absolute atomic E-state index is 0.0161. The normalized spacial score (nSPS) is 11.1. The molecule has 0 aromatic heterocycles. The van der Waals surface area contributed by atoms with Gasteiger partial charge in [0.25, 0.3) is 15.7 Å². The van der Waals surface area contributed by atoms with Crippen LogP contribution < -0.4 is 9.62 Å². The fourth-order valence-corrected chi connectivity index (χ4v) is 4.66. The van der Waals surface area contributed by atoms with Crippen molar-refractivity contribution in [2.75, 3.05) is 16.2 Å². The van der Waals surface area contributed by atoms with Gasteiger partial charge in [0.1, 0.15) is 6.54 Å². The van der Waals surface area contributed by atoms with Crippen molar-refractivity contribution < 1.29 is 18.1 Å². The minimum Gasteiger partial charge on any atom is -0.324 e. The molecule has 166 valence electrons. The number of nitro groups is 1. The molecule has 0 aliphatic rings. The second-order valence-electron chi connectivity index (χ2n) is 7.06. The van der Waals surface area contributed by atoms with Crippen LogP contribution in [0.25, 0.3) is 0 Å². The summed E-state index contributed by atoms with van der Waals surface area (Å²) in [4.78, 5) is 23.5. The zero-order valence-electron chi connectivity index (χ0n) is 17.3. The molecule has 0 radical (unpaired) electrons.